The van der Waals surface area contributed by atoms with Crippen molar-refractivity contribution in [3.63, 3.8) is 0 Å². The highest BCUT2D eigenvalue weighted by molar-refractivity contribution is 5.91. The van der Waals surface area contributed by atoms with E-state index in [1.807, 2.05) is 12.1 Å². The van der Waals surface area contributed by atoms with Gasteiger partial charge in [-0.2, -0.15) is 0 Å². The lowest BCUT2D eigenvalue weighted by Gasteiger charge is -2.46. The number of hydrogen-bond acceptors (Lipinski definition) is 3. The average Bonchev–Trinajstić information content (AvgIpc) is 2.63. The molecule has 1 heterocycles. The number of benzene rings is 2. The molecule has 1 aliphatic carbocycles. The highest BCUT2D eigenvalue weighted by atomic mass is 16.4. The van der Waals surface area contributed by atoms with Crippen LogP contribution in [-0.2, 0) is 0 Å². The van der Waals surface area contributed by atoms with Crippen LogP contribution in [0, 0.1) is 11.8 Å². The van der Waals surface area contributed by atoms with Gasteiger partial charge in [0.15, 0.2) is 0 Å². The number of nitrogens with one attached hydrogen (secondary N) is 1. The minimum absolute atomic E-state index is 0.212. The lowest BCUT2D eigenvalue weighted by Crippen LogP contribution is -2.50. The Balaban J connectivity index is 1.76. The number of piperidine rings is 1. The molecule has 0 unspecified atom stereocenters. The van der Waals surface area contributed by atoms with Gasteiger partial charge in [-0.05, 0) is 24.0 Å². The molecule has 4 rings (SSSR count). The first-order valence-corrected chi connectivity index (χ1v) is 8.46. The SMILES string of the molecule is ON=C1[C@H]2CCC[C@@H]1[C@H](c1ccccc1)N[C@H]2c1ccccc1. The third-order valence-corrected chi connectivity index (χ3v) is 5.39. The van der Waals surface area contributed by atoms with Gasteiger partial charge in [-0.3, -0.25) is 0 Å². The zero-order chi connectivity index (χ0) is 15.6. The van der Waals surface area contributed by atoms with Crippen molar-refractivity contribution >= 4 is 5.71 Å². The van der Waals surface area contributed by atoms with Crippen LogP contribution in [0.4, 0.5) is 0 Å². The van der Waals surface area contributed by atoms with Gasteiger partial charge < -0.3 is 10.5 Å². The monoisotopic (exact) mass is 306 g/mol. The van der Waals surface area contributed by atoms with Crippen molar-refractivity contribution in [1.29, 1.82) is 0 Å². The Kier molecular flexibility index (Phi) is 3.88. The lowest BCUT2D eigenvalue weighted by atomic mass is 9.67. The summed E-state index contributed by atoms with van der Waals surface area (Å²) in [7, 11) is 0. The third-order valence-electron chi connectivity index (χ3n) is 5.39. The number of nitrogens with zero attached hydrogens (tertiary/aromatic N) is 1. The summed E-state index contributed by atoms with van der Waals surface area (Å²) in [5.74, 6) is 0.585. The van der Waals surface area contributed by atoms with Gasteiger partial charge in [-0.1, -0.05) is 72.2 Å². The number of oxime groups is 1. The molecule has 2 bridgehead atoms. The van der Waals surface area contributed by atoms with Crippen LogP contribution in [0.5, 0.6) is 0 Å². The summed E-state index contributed by atoms with van der Waals surface area (Å²) >= 11 is 0. The van der Waals surface area contributed by atoms with Crippen LogP contribution in [0.15, 0.2) is 65.8 Å². The minimum atomic E-state index is 0.212. The van der Waals surface area contributed by atoms with E-state index in [1.165, 1.54) is 17.5 Å². The zero-order valence-corrected chi connectivity index (χ0v) is 13.1. The van der Waals surface area contributed by atoms with Crippen LogP contribution in [0.1, 0.15) is 42.5 Å². The van der Waals surface area contributed by atoms with Crippen molar-refractivity contribution in [2.24, 2.45) is 17.0 Å². The van der Waals surface area contributed by atoms with E-state index in [1.54, 1.807) is 0 Å². The predicted molar refractivity (Wildman–Crippen MR) is 91.6 cm³/mol. The van der Waals surface area contributed by atoms with E-state index < -0.39 is 0 Å². The maximum atomic E-state index is 9.69. The summed E-state index contributed by atoms with van der Waals surface area (Å²) in [6.07, 6.45) is 3.37. The molecule has 2 aliphatic rings. The highest BCUT2D eigenvalue weighted by Crippen LogP contribution is 2.46. The van der Waals surface area contributed by atoms with Gasteiger partial charge >= 0.3 is 0 Å². The van der Waals surface area contributed by atoms with E-state index in [0.29, 0.717) is 11.8 Å². The van der Waals surface area contributed by atoms with Crippen LogP contribution in [0.25, 0.3) is 0 Å². The summed E-state index contributed by atoms with van der Waals surface area (Å²) in [5, 5.41) is 17.3. The maximum Gasteiger partial charge on any atom is 0.0670 e. The van der Waals surface area contributed by atoms with E-state index in [0.717, 1.165) is 18.6 Å². The molecule has 2 aromatic carbocycles. The molecule has 0 spiro atoms. The Hall–Kier alpha value is -2.13. The van der Waals surface area contributed by atoms with Crippen LogP contribution >= 0.6 is 0 Å². The van der Waals surface area contributed by atoms with Gasteiger partial charge in [0.05, 0.1) is 5.71 Å². The summed E-state index contributed by atoms with van der Waals surface area (Å²) < 4.78 is 0. The molecular formula is C20H22N2O. The molecule has 1 saturated carbocycles. The standard InChI is InChI=1S/C20H22N2O/c23-22-20-16-12-7-13-17(20)19(15-10-5-2-6-11-15)21-18(16)14-8-3-1-4-9-14/h1-6,8-11,16-19,21,23H,7,12-13H2/t16-,17+,18-,19-/m0/s1. The Bertz CT molecular complexity index is 628. The van der Waals surface area contributed by atoms with Gasteiger partial charge in [0, 0.05) is 23.9 Å². The second kappa shape index (κ2) is 6.17. The molecule has 1 aliphatic heterocycles. The molecule has 118 valence electrons. The molecular weight excluding hydrogens is 284 g/mol. The van der Waals surface area contributed by atoms with Crippen molar-refractivity contribution in [2.45, 2.75) is 31.3 Å². The molecule has 4 atom stereocenters. The van der Waals surface area contributed by atoms with Crippen molar-refractivity contribution in [1.82, 2.24) is 5.32 Å². The molecule has 2 fully saturated rings. The molecule has 0 radical (unpaired) electrons. The van der Waals surface area contributed by atoms with Crippen molar-refractivity contribution in [2.75, 3.05) is 0 Å². The van der Waals surface area contributed by atoms with Crippen LogP contribution in [0.2, 0.25) is 0 Å². The van der Waals surface area contributed by atoms with E-state index in [4.69, 9.17) is 0 Å². The van der Waals surface area contributed by atoms with E-state index in [9.17, 15) is 5.21 Å². The van der Waals surface area contributed by atoms with Crippen LogP contribution in [-0.4, -0.2) is 10.9 Å². The molecule has 3 heteroatoms. The Labute approximate surface area is 137 Å². The second-order valence-corrected chi connectivity index (χ2v) is 6.61. The second-order valence-electron chi connectivity index (χ2n) is 6.61. The van der Waals surface area contributed by atoms with E-state index in [2.05, 4.69) is 59.0 Å². The van der Waals surface area contributed by atoms with Gasteiger partial charge in [0.25, 0.3) is 0 Å². The molecule has 2 aromatic rings. The fourth-order valence-electron chi connectivity index (χ4n) is 4.36. The Morgan fingerprint density at radius 3 is 1.70 bits per heavy atom. The molecule has 2 N–H and O–H groups in total. The highest BCUT2D eigenvalue weighted by Gasteiger charge is 2.45. The van der Waals surface area contributed by atoms with Gasteiger partial charge in [0.2, 0.25) is 0 Å². The Morgan fingerprint density at radius 2 is 1.26 bits per heavy atom. The van der Waals surface area contributed by atoms with Gasteiger partial charge in [-0.15, -0.1) is 0 Å². The van der Waals surface area contributed by atoms with Crippen molar-refractivity contribution in [3.8, 4) is 0 Å². The zero-order valence-electron chi connectivity index (χ0n) is 13.1. The topological polar surface area (TPSA) is 44.6 Å². The number of fused-ring (bicyclic) bond motifs is 2. The number of rotatable bonds is 2. The summed E-state index contributed by atoms with van der Waals surface area (Å²) in [4.78, 5) is 0. The van der Waals surface area contributed by atoms with E-state index >= 15 is 0 Å². The fraction of sp³-hybridized carbons (Fsp3) is 0.350. The molecule has 23 heavy (non-hydrogen) atoms. The van der Waals surface area contributed by atoms with Crippen LogP contribution in [0.3, 0.4) is 0 Å². The summed E-state index contributed by atoms with van der Waals surface area (Å²) in [6.45, 7) is 0. The fourth-order valence-corrected chi connectivity index (χ4v) is 4.36. The van der Waals surface area contributed by atoms with Crippen molar-refractivity contribution < 1.29 is 5.21 Å². The Morgan fingerprint density at radius 1 is 0.783 bits per heavy atom. The largest absolute Gasteiger partial charge is 0.411 e. The molecule has 3 nitrogen and oxygen atoms in total. The smallest absolute Gasteiger partial charge is 0.0670 e. The van der Waals surface area contributed by atoms with Gasteiger partial charge in [-0.25, -0.2) is 0 Å². The summed E-state index contributed by atoms with van der Waals surface area (Å²) in [5.41, 5.74) is 3.54. The van der Waals surface area contributed by atoms with E-state index in [-0.39, 0.29) is 12.1 Å². The quantitative estimate of drug-likeness (QED) is 0.641. The maximum absolute atomic E-state index is 9.69. The van der Waals surface area contributed by atoms with Crippen molar-refractivity contribution in [3.05, 3.63) is 71.8 Å². The molecule has 0 aromatic heterocycles. The first kappa shape index (κ1) is 14.5. The molecule has 1 saturated heterocycles. The first-order chi connectivity index (χ1) is 11.4. The summed E-state index contributed by atoms with van der Waals surface area (Å²) in [6, 6.07) is 21.5. The normalized spacial score (nSPS) is 31.9. The minimum Gasteiger partial charge on any atom is -0.411 e. The average molecular weight is 306 g/mol. The number of hydrogen-bond donors (Lipinski definition) is 2. The molecule has 0 amide bonds. The first-order valence-electron chi connectivity index (χ1n) is 8.46. The van der Waals surface area contributed by atoms with Crippen LogP contribution < -0.4 is 5.32 Å². The predicted octanol–water partition coefficient (Wildman–Crippen LogP) is 4.32. The van der Waals surface area contributed by atoms with Gasteiger partial charge in [0.1, 0.15) is 0 Å². The lowest BCUT2D eigenvalue weighted by molar-refractivity contribution is 0.214. The third kappa shape index (κ3) is 2.55.